The normalized spacial score (nSPS) is 10.8. The Balaban J connectivity index is 1.87. The maximum atomic E-state index is 2.26. The Labute approximate surface area is 117 Å². The van der Waals surface area contributed by atoms with E-state index in [0.717, 1.165) is 0 Å². The van der Waals surface area contributed by atoms with Gasteiger partial charge in [0.15, 0.2) is 0 Å². The molecule has 2 aromatic carbocycles. The van der Waals surface area contributed by atoms with E-state index in [0.29, 0.717) is 0 Å². The van der Waals surface area contributed by atoms with Crippen molar-refractivity contribution in [2.24, 2.45) is 0 Å². The van der Waals surface area contributed by atoms with Crippen LogP contribution >= 0.6 is 0 Å². The zero-order chi connectivity index (χ0) is 13.3. The molecule has 0 aromatic heterocycles. The van der Waals surface area contributed by atoms with Gasteiger partial charge in [0.2, 0.25) is 0 Å². The van der Waals surface area contributed by atoms with Crippen molar-refractivity contribution in [3.63, 3.8) is 0 Å². The third-order valence-electron chi connectivity index (χ3n) is 3.52. The van der Waals surface area contributed by atoms with Crippen LogP contribution in [0.3, 0.4) is 0 Å². The van der Waals surface area contributed by atoms with E-state index in [4.69, 9.17) is 0 Å². The van der Waals surface area contributed by atoms with E-state index in [9.17, 15) is 0 Å². The Kier molecular flexibility index (Phi) is 5.68. The highest BCUT2D eigenvalue weighted by molar-refractivity contribution is 5.30. The van der Waals surface area contributed by atoms with Crippen molar-refractivity contribution in [1.29, 1.82) is 0 Å². The van der Waals surface area contributed by atoms with E-state index in [2.05, 4.69) is 67.6 Å². The fraction of sp³-hybridized carbons (Fsp3) is 0.316. The second kappa shape index (κ2) is 7.78. The summed E-state index contributed by atoms with van der Waals surface area (Å²) in [7, 11) is 0. The third kappa shape index (κ3) is 4.55. The molecule has 1 radical (unpaired) electrons. The van der Waals surface area contributed by atoms with Gasteiger partial charge in [-0.1, -0.05) is 74.0 Å². The minimum Gasteiger partial charge on any atom is -0.0654 e. The predicted octanol–water partition coefficient (Wildman–Crippen LogP) is 5.43. The number of hydrogen-bond donors (Lipinski definition) is 0. The quantitative estimate of drug-likeness (QED) is 0.615. The maximum Gasteiger partial charge on any atom is 0.00498 e. The first-order valence-electron chi connectivity index (χ1n) is 7.34. The molecule has 0 saturated carbocycles. The molecule has 0 amide bonds. The van der Waals surface area contributed by atoms with E-state index in [1.165, 1.54) is 43.2 Å². The molecular formula is C19H23. The van der Waals surface area contributed by atoms with E-state index < -0.39 is 0 Å². The Morgan fingerprint density at radius 2 is 1.42 bits per heavy atom. The molecule has 0 atom stereocenters. The van der Waals surface area contributed by atoms with Crippen molar-refractivity contribution >= 4 is 0 Å². The van der Waals surface area contributed by atoms with Crippen LogP contribution in [-0.2, 0) is 6.42 Å². The smallest absolute Gasteiger partial charge is 0.00498 e. The van der Waals surface area contributed by atoms with Crippen LogP contribution in [0.15, 0.2) is 60.7 Å². The highest BCUT2D eigenvalue weighted by atomic mass is 14.1. The number of hydrogen-bond acceptors (Lipinski definition) is 0. The molecule has 2 rings (SSSR count). The standard InChI is InChI=1S/C19H23/c1-2-10-18(19-14-7-4-8-15-19)16-9-13-17-11-5-3-6-12-17/h3-8,11-12,14-15H,2,9-10,13,16H2,1H3. The largest absolute Gasteiger partial charge is 0.0654 e. The molecule has 2 aromatic rings. The van der Waals surface area contributed by atoms with Gasteiger partial charge in [-0.05, 0) is 36.8 Å². The Bertz CT molecular complexity index is 444. The van der Waals surface area contributed by atoms with Gasteiger partial charge < -0.3 is 0 Å². The lowest BCUT2D eigenvalue weighted by molar-refractivity contribution is 0.690. The van der Waals surface area contributed by atoms with Gasteiger partial charge in [-0.3, -0.25) is 0 Å². The monoisotopic (exact) mass is 251 g/mol. The number of benzene rings is 2. The molecule has 19 heavy (non-hydrogen) atoms. The van der Waals surface area contributed by atoms with Crippen molar-refractivity contribution in [2.45, 2.75) is 39.0 Å². The van der Waals surface area contributed by atoms with Crippen LogP contribution in [0.4, 0.5) is 0 Å². The second-order valence-electron chi connectivity index (χ2n) is 5.06. The zero-order valence-electron chi connectivity index (χ0n) is 11.8. The fourth-order valence-corrected chi connectivity index (χ4v) is 2.54. The summed E-state index contributed by atoms with van der Waals surface area (Å²) in [5.74, 6) is 1.61. The molecule has 0 heterocycles. The molecule has 0 N–H and O–H groups in total. The van der Waals surface area contributed by atoms with Crippen molar-refractivity contribution in [3.05, 3.63) is 77.7 Å². The van der Waals surface area contributed by atoms with Gasteiger partial charge in [-0.25, -0.2) is 0 Å². The van der Waals surface area contributed by atoms with Gasteiger partial charge in [-0.2, -0.15) is 0 Å². The highest BCUT2D eigenvalue weighted by Gasteiger charge is 2.10. The Morgan fingerprint density at radius 3 is 2.05 bits per heavy atom. The molecule has 0 aliphatic carbocycles. The van der Waals surface area contributed by atoms with Gasteiger partial charge >= 0.3 is 0 Å². The van der Waals surface area contributed by atoms with Crippen LogP contribution in [0.2, 0.25) is 0 Å². The molecule has 0 nitrogen and oxygen atoms in total. The zero-order valence-corrected chi connectivity index (χ0v) is 11.8. The summed E-state index contributed by atoms with van der Waals surface area (Å²) in [6, 6.07) is 21.7. The first-order chi connectivity index (χ1) is 9.40. The van der Waals surface area contributed by atoms with Crippen molar-refractivity contribution in [1.82, 2.24) is 0 Å². The molecule has 0 spiro atoms. The molecule has 0 aliphatic heterocycles. The molecule has 0 unspecified atom stereocenters. The van der Waals surface area contributed by atoms with Crippen LogP contribution in [0.5, 0.6) is 0 Å². The molecule has 0 saturated heterocycles. The third-order valence-corrected chi connectivity index (χ3v) is 3.52. The highest BCUT2D eigenvalue weighted by Crippen LogP contribution is 2.25. The van der Waals surface area contributed by atoms with Gasteiger partial charge in [0, 0.05) is 5.92 Å². The van der Waals surface area contributed by atoms with Gasteiger partial charge in [0.25, 0.3) is 0 Å². The summed E-state index contributed by atoms with van der Waals surface area (Å²) >= 11 is 0. The topological polar surface area (TPSA) is 0 Å². The maximum absolute atomic E-state index is 2.26. The van der Waals surface area contributed by atoms with Crippen molar-refractivity contribution in [2.75, 3.05) is 0 Å². The minimum atomic E-state index is 1.18. The summed E-state index contributed by atoms with van der Waals surface area (Å²) in [6.45, 7) is 2.26. The average molecular weight is 251 g/mol. The van der Waals surface area contributed by atoms with Crippen molar-refractivity contribution in [3.8, 4) is 0 Å². The van der Waals surface area contributed by atoms with E-state index >= 15 is 0 Å². The molecule has 0 fully saturated rings. The van der Waals surface area contributed by atoms with Crippen LogP contribution < -0.4 is 0 Å². The molecule has 0 heteroatoms. The van der Waals surface area contributed by atoms with E-state index in [1.54, 1.807) is 5.92 Å². The summed E-state index contributed by atoms with van der Waals surface area (Å²) < 4.78 is 0. The van der Waals surface area contributed by atoms with Crippen LogP contribution in [0.1, 0.15) is 43.7 Å². The molecule has 99 valence electrons. The Morgan fingerprint density at radius 1 is 0.789 bits per heavy atom. The SMILES string of the molecule is CCC[C](CCCc1ccccc1)c1ccccc1. The lowest BCUT2D eigenvalue weighted by atomic mass is 9.89. The predicted molar refractivity (Wildman–Crippen MR) is 83.1 cm³/mol. The molecular weight excluding hydrogens is 228 g/mol. The van der Waals surface area contributed by atoms with Gasteiger partial charge in [-0.15, -0.1) is 0 Å². The van der Waals surface area contributed by atoms with Crippen LogP contribution in [0, 0.1) is 5.92 Å². The van der Waals surface area contributed by atoms with Crippen LogP contribution in [0.25, 0.3) is 0 Å². The van der Waals surface area contributed by atoms with Crippen LogP contribution in [-0.4, -0.2) is 0 Å². The number of aryl methyl sites for hydroxylation is 1. The average Bonchev–Trinajstić information content (AvgIpc) is 2.48. The first kappa shape index (κ1) is 13.9. The van der Waals surface area contributed by atoms with E-state index in [-0.39, 0.29) is 0 Å². The summed E-state index contributed by atoms with van der Waals surface area (Å²) in [4.78, 5) is 0. The molecule has 0 bridgehead atoms. The van der Waals surface area contributed by atoms with E-state index in [1.807, 2.05) is 0 Å². The summed E-state index contributed by atoms with van der Waals surface area (Å²) in [5.41, 5.74) is 2.88. The minimum absolute atomic E-state index is 1.18. The second-order valence-corrected chi connectivity index (χ2v) is 5.06. The number of rotatable bonds is 7. The Hall–Kier alpha value is -1.56. The lowest BCUT2D eigenvalue weighted by Gasteiger charge is -2.15. The van der Waals surface area contributed by atoms with Crippen molar-refractivity contribution < 1.29 is 0 Å². The van der Waals surface area contributed by atoms with Gasteiger partial charge in [0.05, 0.1) is 0 Å². The summed E-state index contributed by atoms with van der Waals surface area (Å²) in [5, 5.41) is 0. The summed E-state index contributed by atoms with van der Waals surface area (Å²) in [6.07, 6.45) is 6.09. The molecule has 0 aliphatic rings. The lowest BCUT2D eigenvalue weighted by Crippen LogP contribution is -2.00. The van der Waals surface area contributed by atoms with Gasteiger partial charge in [0.1, 0.15) is 0 Å². The fourth-order valence-electron chi connectivity index (χ4n) is 2.54. The first-order valence-corrected chi connectivity index (χ1v) is 7.34.